The lowest BCUT2D eigenvalue weighted by molar-refractivity contribution is 0.615. The van der Waals surface area contributed by atoms with Crippen LogP contribution in [0.25, 0.3) is 11.0 Å². The van der Waals surface area contributed by atoms with E-state index in [9.17, 15) is 0 Å². The summed E-state index contributed by atoms with van der Waals surface area (Å²) in [6.45, 7) is 2.15. The first kappa shape index (κ1) is 7.35. The number of hydrogen-bond donors (Lipinski definition) is 0. The zero-order valence-corrected chi connectivity index (χ0v) is 7.08. The van der Waals surface area contributed by atoms with E-state index in [1.165, 1.54) is 0 Å². The van der Waals surface area contributed by atoms with Crippen LogP contribution >= 0.6 is 0 Å². The van der Waals surface area contributed by atoms with Crippen molar-refractivity contribution in [1.29, 1.82) is 0 Å². The van der Waals surface area contributed by atoms with E-state index in [-0.39, 0.29) is 0 Å². The molecule has 2 aromatic heterocycles. The van der Waals surface area contributed by atoms with Gasteiger partial charge in [-0.15, -0.1) is 0 Å². The molecule has 0 N–H and O–H groups in total. The Morgan fingerprint density at radius 1 is 1.42 bits per heavy atom. The first-order valence-electron chi connectivity index (χ1n) is 4.23. The zero-order chi connectivity index (χ0) is 8.39. The Morgan fingerprint density at radius 2 is 2.33 bits per heavy atom. The van der Waals surface area contributed by atoms with Gasteiger partial charge in [0.1, 0.15) is 5.58 Å². The Hall–Kier alpha value is -1.31. The van der Waals surface area contributed by atoms with Gasteiger partial charge in [0.25, 0.3) is 0 Å². The number of furan rings is 1. The molecule has 0 amide bonds. The van der Waals surface area contributed by atoms with E-state index in [0.29, 0.717) is 0 Å². The minimum Gasteiger partial charge on any atom is -0.464 e. The SMILES string of the molecule is CCCc1nccc2occc12. The number of rotatable bonds is 2. The van der Waals surface area contributed by atoms with Crippen molar-refractivity contribution >= 4 is 11.0 Å². The van der Waals surface area contributed by atoms with E-state index in [2.05, 4.69) is 11.9 Å². The van der Waals surface area contributed by atoms with Crippen molar-refractivity contribution < 1.29 is 4.42 Å². The van der Waals surface area contributed by atoms with Crippen molar-refractivity contribution in [3.05, 3.63) is 30.3 Å². The summed E-state index contributed by atoms with van der Waals surface area (Å²) < 4.78 is 5.26. The second-order valence-electron chi connectivity index (χ2n) is 2.84. The molecular formula is C10H11NO. The third kappa shape index (κ3) is 1.09. The van der Waals surface area contributed by atoms with Crippen LogP contribution in [0, 0.1) is 0 Å². The maximum atomic E-state index is 5.26. The molecule has 0 radical (unpaired) electrons. The molecule has 2 heteroatoms. The molecule has 0 fully saturated rings. The van der Waals surface area contributed by atoms with Gasteiger partial charge < -0.3 is 4.42 Å². The van der Waals surface area contributed by atoms with Crippen LogP contribution in [0.3, 0.4) is 0 Å². The highest BCUT2D eigenvalue weighted by Crippen LogP contribution is 2.18. The average Bonchev–Trinajstić information content (AvgIpc) is 2.53. The molecule has 0 aliphatic rings. The Morgan fingerprint density at radius 3 is 3.17 bits per heavy atom. The lowest BCUT2D eigenvalue weighted by atomic mass is 10.1. The standard InChI is InChI=1S/C10H11NO/c1-2-3-9-8-5-7-12-10(8)4-6-11-9/h4-7H,2-3H2,1H3. The van der Waals surface area contributed by atoms with Crippen LogP contribution in [0.2, 0.25) is 0 Å². The van der Waals surface area contributed by atoms with Gasteiger partial charge in [0.05, 0.1) is 12.0 Å². The molecule has 0 bridgehead atoms. The Kier molecular flexibility index (Phi) is 1.82. The number of aryl methyl sites for hydroxylation is 1. The number of nitrogens with zero attached hydrogens (tertiary/aromatic N) is 1. The van der Waals surface area contributed by atoms with Crippen molar-refractivity contribution in [2.24, 2.45) is 0 Å². The van der Waals surface area contributed by atoms with E-state index in [1.54, 1.807) is 12.5 Å². The maximum absolute atomic E-state index is 5.26. The van der Waals surface area contributed by atoms with Gasteiger partial charge in [0.2, 0.25) is 0 Å². The summed E-state index contributed by atoms with van der Waals surface area (Å²) in [4.78, 5) is 4.31. The summed E-state index contributed by atoms with van der Waals surface area (Å²) in [5.74, 6) is 0. The van der Waals surface area contributed by atoms with E-state index in [4.69, 9.17) is 4.42 Å². The second-order valence-corrected chi connectivity index (χ2v) is 2.84. The predicted molar refractivity (Wildman–Crippen MR) is 48.0 cm³/mol. The van der Waals surface area contributed by atoms with Gasteiger partial charge in [-0.05, 0) is 18.6 Å². The topological polar surface area (TPSA) is 26.0 Å². The molecule has 0 aliphatic carbocycles. The first-order valence-corrected chi connectivity index (χ1v) is 4.23. The van der Waals surface area contributed by atoms with Crippen LogP contribution in [0.4, 0.5) is 0 Å². The number of aromatic nitrogens is 1. The van der Waals surface area contributed by atoms with E-state index < -0.39 is 0 Å². The molecule has 0 aromatic carbocycles. The lowest BCUT2D eigenvalue weighted by Crippen LogP contribution is -1.87. The van der Waals surface area contributed by atoms with Gasteiger partial charge >= 0.3 is 0 Å². The van der Waals surface area contributed by atoms with Gasteiger partial charge in [-0.3, -0.25) is 4.98 Å². The van der Waals surface area contributed by atoms with Crippen LogP contribution in [-0.4, -0.2) is 4.98 Å². The molecule has 0 saturated carbocycles. The first-order chi connectivity index (χ1) is 5.92. The number of hydrogen-bond acceptors (Lipinski definition) is 2. The van der Waals surface area contributed by atoms with Crippen molar-refractivity contribution in [2.45, 2.75) is 19.8 Å². The number of fused-ring (bicyclic) bond motifs is 1. The largest absolute Gasteiger partial charge is 0.464 e. The monoisotopic (exact) mass is 161 g/mol. The third-order valence-corrected chi connectivity index (χ3v) is 1.95. The fraction of sp³-hybridized carbons (Fsp3) is 0.300. The highest BCUT2D eigenvalue weighted by atomic mass is 16.3. The molecule has 12 heavy (non-hydrogen) atoms. The van der Waals surface area contributed by atoms with Gasteiger partial charge in [-0.2, -0.15) is 0 Å². The van der Waals surface area contributed by atoms with Crippen LogP contribution in [0.5, 0.6) is 0 Å². The normalized spacial score (nSPS) is 10.8. The maximum Gasteiger partial charge on any atom is 0.137 e. The lowest BCUT2D eigenvalue weighted by Gasteiger charge is -1.97. The minimum absolute atomic E-state index is 0.938. The molecule has 0 saturated heterocycles. The highest BCUT2D eigenvalue weighted by molar-refractivity contribution is 5.79. The van der Waals surface area contributed by atoms with Crippen molar-refractivity contribution in [3.63, 3.8) is 0 Å². The smallest absolute Gasteiger partial charge is 0.137 e. The van der Waals surface area contributed by atoms with Crippen molar-refractivity contribution in [1.82, 2.24) is 4.98 Å². The van der Waals surface area contributed by atoms with E-state index in [0.717, 1.165) is 29.5 Å². The van der Waals surface area contributed by atoms with Crippen molar-refractivity contribution in [2.75, 3.05) is 0 Å². The van der Waals surface area contributed by atoms with Crippen molar-refractivity contribution in [3.8, 4) is 0 Å². The summed E-state index contributed by atoms with van der Waals surface area (Å²) in [5, 5.41) is 1.15. The molecule has 2 rings (SSSR count). The van der Waals surface area contributed by atoms with Crippen LogP contribution < -0.4 is 0 Å². The summed E-state index contributed by atoms with van der Waals surface area (Å²) in [6.07, 6.45) is 5.66. The molecule has 2 nitrogen and oxygen atoms in total. The fourth-order valence-electron chi connectivity index (χ4n) is 1.39. The van der Waals surface area contributed by atoms with E-state index >= 15 is 0 Å². The van der Waals surface area contributed by atoms with Gasteiger partial charge in [-0.1, -0.05) is 13.3 Å². The molecule has 2 heterocycles. The Labute approximate surface area is 71.2 Å². The number of pyridine rings is 1. The predicted octanol–water partition coefficient (Wildman–Crippen LogP) is 2.78. The molecule has 2 aromatic rings. The summed E-state index contributed by atoms with van der Waals surface area (Å²) in [6, 6.07) is 3.88. The highest BCUT2D eigenvalue weighted by Gasteiger charge is 2.02. The molecule has 0 unspecified atom stereocenters. The molecular weight excluding hydrogens is 150 g/mol. The third-order valence-electron chi connectivity index (χ3n) is 1.95. The van der Waals surface area contributed by atoms with Crippen LogP contribution in [0.15, 0.2) is 29.0 Å². The van der Waals surface area contributed by atoms with Crippen LogP contribution in [0.1, 0.15) is 19.0 Å². The quantitative estimate of drug-likeness (QED) is 0.676. The molecule has 0 atom stereocenters. The Bertz CT molecular complexity index is 378. The Balaban J connectivity index is 2.57. The van der Waals surface area contributed by atoms with Crippen LogP contribution in [-0.2, 0) is 6.42 Å². The average molecular weight is 161 g/mol. The summed E-state index contributed by atoms with van der Waals surface area (Å²) in [7, 11) is 0. The zero-order valence-electron chi connectivity index (χ0n) is 7.08. The fourth-order valence-corrected chi connectivity index (χ4v) is 1.39. The van der Waals surface area contributed by atoms with Gasteiger partial charge in [-0.25, -0.2) is 0 Å². The summed E-state index contributed by atoms with van der Waals surface area (Å²) >= 11 is 0. The van der Waals surface area contributed by atoms with Gasteiger partial charge in [0, 0.05) is 11.6 Å². The van der Waals surface area contributed by atoms with Gasteiger partial charge in [0.15, 0.2) is 0 Å². The molecule has 0 spiro atoms. The summed E-state index contributed by atoms with van der Waals surface area (Å²) in [5.41, 5.74) is 2.08. The molecule has 62 valence electrons. The minimum atomic E-state index is 0.938. The van der Waals surface area contributed by atoms with E-state index in [1.807, 2.05) is 12.1 Å². The second kappa shape index (κ2) is 2.97. The molecule has 0 aliphatic heterocycles.